The molecule has 35 heavy (non-hydrogen) atoms. The maximum Gasteiger partial charge on any atom is 0.187 e. The van der Waals surface area contributed by atoms with Crippen molar-refractivity contribution in [3.8, 4) is 0 Å². The van der Waals surface area contributed by atoms with E-state index in [0.717, 1.165) is 0 Å². The van der Waals surface area contributed by atoms with E-state index in [2.05, 4.69) is 0 Å². The summed E-state index contributed by atoms with van der Waals surface area (Å²) in [6, 6.07) is 0. The minimum Gasteiger partial charge on any atom is -0.394 e. The Bertz CT molecular complexity index is 638. The number of ether oxygens (including phenoxy) is 6. The number of rotatable bonds is 8. The molecule has 3 aliphatic heterocycles. The number of aliphatic hydroxyl groups is 10. The average molecular weight is 518 g/mol. The van der Waals surface area contributed by atoms with Gasteiger partial charge < -0.3 is 79.5 Å². The largest absolute Gasteiger partial charge is 0.394 e. The summed E-state index contributed by atoms with van der Waals surface area (Å²) in [5.74, 6) is 0. The Hall–Kier alpha value is -0.640. The molecule has 16 heteroatoms. The normalized spacial score (nSPS) is 51.3. The van der Waals surface area contributed by atoms with Crippen LogP contribution < -0.4 is 0 Å². The van der Waals surface area contributed by atoms with E-state index in [0.29, 0.717) is 0 Å². The van der Waals surface area contributed by atoms with Crippen molar-refractivity contribution in [2.75, 3.05) is 26.9 Å². The molecule has 0 unspecified atom stereocenters. The van der Waals surface area contributed by atoms with Crippen molar-refractivity contribution >= 4 is 0 Å². The van der Waals surface area contributed by atoms with Crippen LogP contribution in [-0.4, -0.2) is 170 Å². The third kappa shape index (κ3) is 5.78. The molecule has 0 bridgehead atoms. The summed E-state index contributed by atoms with van der Waals surface area (Å²) in [5, 5.41) is 101. The first kappa shape index (κ1) is 28.9. The fourth-order valence-corrected chi connectivity index (χ4v) is 4.21. The van der Waals surface area contributed by atoms with Gasteiger partial charge in [0.15, 0.2) is 18.9 Å². The molecule has 0 saturated carbocycles. The zero-order valence-electron chi connectivity index (χ0n) is 18.7. The molecule has 0 aromatic heterocycles. The van der Waals surface area contributed by atoms with Crippen LogP contribution in [0, 0.1) is 0 Å². The molecular weight excluding hydrogens is 484 g/mol. The van der Waals surface area contributed by atoms with Gasteiger partial charge in [-0.05, 0) is 0 Å². The van der Waals surface area contributed by atoms with Gasteiger partial charge in [0.25, 0.3) is 0 Å². The van der Waals surface area contributed by atoms with Crippen molar-refractivity contribution in [1.29, 1.82) is 0 Å². The first-order chi connectivity index (χ1) is 16.6. The van der Waals surface area contributed by atoms with Crippen molar-refractivity contribution in [3.05, 3.63) is 0 Å². The molecule has 206 valence electrons. The summed E-state index contributed by atoms with van der Waals surface area (Å²) in [6.07, 6.45) is -24.3. The Kier molecular flexibility index (Phi) is 10.1. The van der Waals surface area contributed by atoms with Gasteiger partial charge in [-0.25, -0.2) is 0 Å². The quantitative estimate of drug-likeness (QED) is 0.143. The Morgan fingerprint density at radius 1 is 0.486 bits per heavy atom. The van der Waals surface area contributed by atoms with Crippen LogP contribution in [0.3, 0.4) is 0 Å². The fourth-order valence-electron chi connectivity index (χ4n) is 4.21. The molecule has 0 amide bonds. The van der Waals surface area contributed by atoms with Gasteiger partial charge in [-0.15, -0.1) is 0 Å². The molecule has 15 atom stereocenters. The van der Waals surface area contributed by atoms with E-state index in [1.807, 2.05) is 0 Å². The third-order valence-corrected chi connectivity index (χ3v) is 6.31. The average Bonchev–Trinajstić information content (AvgIpc) is 2.85. The summed E-state index contributed by atoms with van der Waals surface area (Å²) in [6.45, 7) is -2.21. The molecule has 0 spiro atoms. The highest BCUT2D eigenvalue weighted by Crippen LogP contribution is 2.33. The third-order valence-electron chi connectivity index (χ3n) is 6.31. The number of aliphatic hydroxyl groups excluding tert-OH is 10. The van der Waals surface area contributed by atoms with Crippen LogP contribution in [0.4, 0.5) is 0 Å². The van der Waals surface area contributed by atoms with Crippen molar-refractivity contribution in [1.82, 2.24) is 0 Å². The summed E-state index contributed by atoms with van der Waals surface area (Å²) in [5.41, 5.74) is 0. The van der Waals surface area contributed by atoms with Crippen LogP contribution in [0.25, 0.3) is 0 Å². The minimum atomic E-state index is -1.87. The molecule has 3 fully saturated rings. The second kappa shape index (κ2) is 12.3. The van der Waals surface area contributed by atoms with Crippen LogP contribution in [0.2, 0.25) is 0 Å². The zero-order chi connectivity index (χ0) is 26.0. The summed E-state index contributed by atoms with van der Waals surface area (Å²) in [7, 11) is 1.20. The van der Waals surface area contributed by atoms with Crippen LogP contribution in [0.1, 0.15) is 0 Å². The topological polar surface area (TPSA) is 258 Å². The van der Waals surface area contributed by atoms with E-state index in [4.69, 9.17) is 28.4 Å². The van der Waals surface area contributed by atoms with E-state index in [9.17, 15) is 51.1 Å². The first-order valence-electron chi connectivity index (χ1n) is 11.0. The van der Waals surface area contributed by atoms with E-state index in [1.165, 1.54) is 7.11 Å². The van der Waals surface area contributed by atoms with Crippen LogP contribution in [-0.2, 0) is 28.4 Å². The highest BCUT2D eigenvalue weighted by atomic mass is 16.8. The predicted octanol–water partition coefficient (Wildman–Crippen LogP) is -6.92. The van der Waals surface area contributed by atoms with Gasteiger partial charge in [0.1, 0.15) is 73.2 Å². The second-order valence-corrected chi connectivity index (χ2v) is 8.55. The lowest BCUT2D eigenvalue weighted by molar-refractivity contribution is -0.388. The summed E-state index contributed by atoms with van der Waals surface area (Å²) < 4.78 is 32.2. The molecule has 10 N–H and O–H groups in total. The minimum absolute atomic E-state index is 0.676. The van der Waals surface area contributed by atoms with E-state index < -0.39 is 112 Å². The second-order valence-electron chi connectivity index (χ2n) is 8.55. The maximum absolute atomic E-state index is 10.7. The van der Waals surface area contributed by atoms with Gasteiger partial charge in [0, 0.05) is 7.11 Å². The van der Waals surface area contributed by atoms with Gasteiger partial charge in [0.05, 0.1) is 19.8 Å². The Labute approximate surface area is 199 Å². The van der Waals surface area contributed by atoms with E-state index >= 15 is 0 Å². The molecule has 3 heterocycles. The van der Waals surface area contributed by atoms with E-state index in [-0.39, 0.29) is 0 Å². The smallest absolute Gasteiger partial charge is 0.187 e. The lowest BCUT2D eigenvalue weighted by atomic mass is 9.96. The van der Waals surface area contributed by atoms with Gasteiger partial charge in [0.2, 0.25) is 0 Å². The number of hydrogen-bond acceptors (Lipinski definition) is 16. The van der Waals surface area contributed by atoms with Gasteiger partial charge >= 0.3 is 0 Å². The van der Waals surface area contributed by atoms with Crippen LogP contribution in [0.15, 0.2) is 0 Å². The molecule has 0 aromatic carbocycles. The standard InChI is InChI=1S/C19H34O16/c1-30-17-14(29)15(10(25)7(4-22)31-17)34-19-16(12(27)9(24)6(3-21)33-19)35-18-13(28)11(26)8(23)5(2-20)32-18/h5-29H,2-4H2,1H3/t5-,6-,7-,8-,9-,10-,11+,12+,13+,14+,15+,16+,17+,18-,19-/m1/s1. The summed E-state index contributed by atoms with van der Waals surface area (Å²) >= 11 is 0. The monoisotopic (exact) mass is 518 g/mol. The highest BCUT2D eigenvalue weighted by Gasteiger charge is 2.54. The summed E-state index contributed by atoms with van der Waals surface area (Å²) in [4.78, 5) is 0. The molecule has 16 nitrogen and oxygen atoms in total. The van der Waals surface area contributed by atoms with E-state index in [1.54, 1.807) is 0 Å². The molecule has 0 aliphatic carbocycles. The predicted molar refractivity (Wildman–Crippen MR) is 106 cm³/mol. The lowest BCUT2D eigenvalue weighted by Crippen LogP contribution is -2.67. The molecular formula is C19H34O16. The molecule has 3 aliphatic rings. The van der Waals surface area contributed by atoms with Crippen LogP contribution >= 0.6 is 0 Å². The van der Waals surface area contributed by atoms with Crippen molar-refractivity contribution < 1.29 is 79.5 Å². The molecule has 3 saturated heterocycles. The first-order valence-corrected chi connectivity index (χ1v) is 11.0. The maximum atomic E-state index is 10.7. The molecule has 0 radical (unpaired) electrons. The van der Waals surface area contributed by atoms with Crippen molar-refractivity contribution in [3.63, 3.8) is 0 Å². The molecule has 3 rings (SSSR count). The lowest BCUT2D eigenvalue weighted by Gasteiger charge is -2.48. The molecule has 0 aromatic rings. The van der Waals surface area contributed by atoms with Crippen LogP contribution in [0.5, 0.6) is 0 Å². The van der Waals surface area contributed by atoms with Crippen molar-refractivity contribution in [2.45, 2.75) is 92.1 Å². The number of hydrogen-bond donors (Lipinski definition) is 10. The fraction of sp³-hybridized carbons (Fsp3) is 1.00. The highest BCUT2D eigenvalue weighted by molar-refractivity contribution is 4.96. The Morgan fingerprint density at radius 3 is 1.49 bits per heavy atom. The Balaban J connectivity index is 1.85. The Morgan fingerprint density at radius 2 is 0.943 bits per heavy atom. The number of methoxy groups -OCH3 is 1. The SMILES string of the molecule is CO[C@H]1O[C@H](CO)[C@@H](O)[C@H](O[C@H]2O[C@H](CO)[C@@H](O)[C@H](O)[C@@H]2O[C@H]2O[C@H](CO)[C@@H](O)[C@H](O)[C@@H]2O)[C@@H]1O. The zero-order valence-corrected chi connectivity index (χ0v) is 18.7. The van der Waals surface area contributed by atoms with Gasteiger partial charge in [-0.2, -0.15) is 0 Å². The van der Waals surface area contributed by atoms with Gasteiger partial charge in [-0.1, -0.05) is 0 Å². The van der Waals surface area contributed by atoms with Gasteiger partial charge in [-0.3, -0.25) is 0 Å². The van der Waals surface area contributed by atoms with Crippen molar-refractivity contribution in [2.24, 2.45) is 0 Å².